The van der Waals surface area contributed by atoms with Crippen LogP contribution in [0.3, 0.4) is 0 Å². The van der Waals surface area contributed by atoms with Crippen molar-refractivity contribution in [2.75, 3.05) is 13.2 Å². The molecule has 0 aromatic carbocycles. The number of nitrogens with one attached hydrogen (secondary N) is 1. The summed E-state index contributed by atoms with van der Waals surface area (Å²) in [6.45, 7) is 8.85. The first-order valence-electron chi connectivity index (χ1n) is 6.03. The first-order chi connectivity index (χ1) is 6.68. The van der Waals surface area contributed by atoms with Crippen LogP contribution in [0.2, 0.25) is 0 Å². The highest BCUT2D eigenvalue weighted by Gasteiger charge is 2.15. The normalized spacial score (nSPS) is 24.4. The van der Waals surface area contributed by atoms with Crippen LogP contribution in [-0.2, 0) is 4.74 Å². The highest BCUT2D eigenvalue weighted by atomic mass is 16.5. The topological polar surface area (TPSA) is 21.3 Å². The van der Waals surface area contributed by atoms with Crippen molar-refractivity contribution in [2.45, 2.75) is 58.6 Å². The van der Waals surface area contributed by atoms with E-state index in [2.05, 4.69) is 26.1 Å². The summed E-state index contributed by atoms with van der Waals surface area (Å²) >= 11 is 0. The van der Waals surface area contributed by atoms with Crippen molar-refractivity contribution >= 4 is 0 Å². The Morgan fingerprint density at radius 3 is 2.64 bits per heavy atom. The third-order valence-electron chi connectivity index (χ3n) is 2.90. The largest absolute Gasteiger partial charge is 0.377 e. The van der Waals surface area contributed by atoms with E-state index in [1.807, 2.05) is 0 Å². The molecule has 0 spiro atoms. The molecule has 0 saturated carbocycles. The van der Waals surface area contributed by atoms with Gasteiger partial charge in [-0.2, -0.15) is 0 Å². The molecule has 0 amide bonds. The molecule has 1 aliphatic heterocycles. The quantitative estimate of drug-likeness (QED) is 0.710. The average Bonchev–Trinajstić information content (AvgIpc) is 2.63. The maximum absolute atomic E-state index is 5.57. The van der Waals surface area contributed by atoms with E-state index >= 15 is 0 Å². The Morgan fingerprint density at radius 2 is 2.07 bits per heavy atom. The molecule has 1 aliphatic rings. The van der Waals surface area contributed by atoms with Gasteiger partial charge in [0.1, 0.15) is 0 Å². The van der Waals surface area contributed by atoms with Gasteiger partial charge < -0.3 is 10.1 Å². The first-order valence-corrected chi connectivity index (χ1v) is 6.03. The summed E-state index contributed by atoms with van der Waals surface area (Å²) in [5.41, 5.74) is 0. The Bertz CT molecular complexity index is 141. The zero-order valence-corrected chi connectivity index (χ0v) is 9.88. The molecule has 1 N–H and O–H groups in total. The third-order valence-corrected chi connectivity index (χ3v) is 2.90. The highest BCUT2D eigenvalue weighted by molar-refractivity contribution is 4.70. The van der Waals surface area contributed by atoms with Gasteiger partial charge in [0.25, 0.3) is 0 Å². The molecule has 1 heterocycles. The summed E-state index contributed by atoms with van der Waals surface area (Å²) in [5, 5.41) is 3.55. The fourth-order valence-corrected chi connectivity index (χ4v) is 1.82. The van der Waals surface area contributed by atoms with Crippen LogP contribution < -0.4 is 5.32 Å². The van der Waals surface area contributed by atoms with E-state index in [9.17, 15) is 0 Å². The standard InChI is InChI=1S/C12H25NO/c1-10(2)6-7-11(3)13-9-12-5-4-8-14-12/h10-13H,4-9H2,1-3H3. The smallest absolute Gasteiger partial charge is 0.0700 e. The van der Waals surface area contributed by atoms with Gasteiger partial charge in [-0.25, -0.2) is 0 Å². The molecule has 0 aromatic rings. The molecule has 1 fully saturated rings. The second-order valence-electron chi connectivity index (χ2n) is 4.92. The minimum Gasteiger partial charge on any atom is -0.377 e. The molecule has 0 bridgehead atoms. The maximum atomic E-state index is 5.57. The summed E-state index contributed by atoms with van der Waals surface area (Å²) in [6.07, 6.45) is 5.57. The fourth-order valence-electron chi connectivity index (χ4n) is 1.82. The van der Waals surface area contributed by atoms with E-state index in [-0.39, 0.29) is 0 Å². The first kappa shape index (κ1) is 12.0. The van der Waals surface area contributed by atoms with Crippen LogP contribution in [0, 0.1) is 5.92 Å². The van der Waals surface area contributed by atoms with Gasteiger partial charge in [-0.3, -0.25) is 0 Å². The van der Waals surface area contributed by atoms with Gasteiger partial charge in [0.15, 0.2) is 0 Å². The third kappa shape index (κ3) is 4.97. The van der Waals surface area contributed by atoms with Crippen molar-refractivity contribution in [2.24, 2.45) is 5.92 Å². The van der Waals surface area contributed by atoms with E-state index in [0.29, 0.717) is 12.1 Å². The zero-order valence-electron chi connectivity index (χ0n) is 9.88. The number of hydrogen-bond acceptors (Lipinski definition) is 2. The van der Waals surface area contributed by atoms with Crippen molar-refractivity contribution in [3.63, 3.8) is 0 Å². The molecule has 2 atom stereocenters. The van der Waals surface area contributed by atoms with Crippen LogP contribution in [0.25, 0.3) is 0 Å². The molecule has 0 radical (unpaired) electrons. The van der Waals surface area contributed by atoms with Crippen molar-refractivity contribution in [3.05, 3.63) is 0 Å². The van der Waals surface area contributed by atoms with Crippen LogP contribution in [0.4, 0.5) is 0 Å². The molecule has 2 unspecified atom stereocenters. The minimum absolute atomic E-state index is 0.483. The minimum atomic E-state index is 0.483. The van der Waals surface area contributed by atoms with E-state index in [1.54, 1.807) is 0 Å². The summed E-state index contributed by atoms with van der Waals surface area (Å²) in [4.78, 5) is 0. The van der Waals surface area contributed by atoms with Gasteiger partial charge in [0.2, 0.25) is 0 Å². The molecule has 1 saturated heterocycles. The second-order valence-corrected chi connectivity index (χ2v) is 4.92. The lowest BCUT2D eigenvalue weighted by Gasteiger charge is -2.17. The number of rotatable bonds is 6. The highest BCUT2D eigenvalue weighted by Crippen LogP contribution is 2.11. The van der Waals surface area contributed by atoms with Crippen LogP contribution in [0.15, 0.2) is 0 Å². The zero-order chi connectivity index (χ0) is 10.4. The molecule has 0 aromatic heterocycles. The van der Waals surface area contributed by atoms with Crippen LogP contribution >= 0.6 is 0 Å². The van der Waals surface area contributed by atoms with Gasteiger partial charge >= 0.3 is 0 Å². The van der Waals surface area contributed by atoms with Crippen LogP contribution in [0.5, 0.6) is 0 Å². The molecule has 2 nitrogen and oxygen atoms in total. The summed E-state index contributed by atoms with van der Waals surface area (Å²) in [5.74, 6) is 0.821. The van der Waals surface area contributed by atoms with Crippen molar-refractivity contribution in [1.29, 1.82) is 0 Å². The van der Waals surface area contributed by atoms with Gasteiger partial charge in [-0.05, 0) is 38.5 Å². The Balaban J connectivity index is 1.99. The summed E-state index contributed by atoms with van der Waals surface area (Å²) in [6, 6.07) is 0.640. The molecular formula is C12H25NO. The van der Waals surface area contributed by atoms with Crippen LogP contribution in [-0.4, -0.2) is 25.3 Å². The van der Waals surface area contributed by atoms with Crippen LogP contribution in [0.1, 0.15) is 46.5 Å². The van der Waals surface area contributed by atoms with E-state index in [1.165, 1.54) is 25.7 Å². The lowest BCUT2D eigenvalue weighted by Crippen LogP contribution is -2.33. The second kappa shape index (κ2) is 6.41. The Morgan fingerprint density at radius 1 is 1.29 bits per heavy atom. The molecule has 84 valence electrons. The number of ether oxygens (including phenoxy) is 1. The Kier molecular flexibility index (Phi) is 5.49. The predicted octanol–water partition coefficient (Wildman–Crippen LogP) is 2.58. The van der Waals surface area contributed by atoms with Gasteiger partial charge in [-0.1, -0.05) is 13.8 Å². The van der Waals surface area contributed by atoms with Crippen molar-refractivity contribution in [1.82, 2.24) is 5.32 Å². The number of hydrogen-bond donors (Lipinski definition) is 1. The average molecular weight is 199 g/mol. The predicted molar refractivity (Wildman–Crippen MR) is 60.5 cm³/mol. The Hall–Kier alpha value is -0.0800. The SMILES string of the molecule is CC(C)CCC(C)NCC1CCCO1. The lowest BCUT2D eigenvalue weighted by molar-refractivity contribution is 0.107. The lowest BCUT2D eigenvalue weighted by atomic mass is 10.0. The van der Waals surface area contributed by atoms with Gasteiger partial charge in [0, 0.05) is 19.2 Å². The molecular weight excluding hydrogens is 174 g/mol. The molecule has 2 heteroatoms. The molecule has 0 aliphatic carbocycles. The van der Waals surface area contributed by atoms with E-state index < -0.39 is 0 Å². The summed E-state index contributed by atoms with van der Waals surface area (Å²) < 4.78 is 5.57. The summed E-state index contributed by atoms with van der Waals surface area (Å²) in [7, 11) is 0. The molecule has 14 heavy (non-hydrogen) atoms. The van der Waals surface area contributed by atoms with E-state index in [0.717, 1.165) is 19.1 Å². The monoisotopic (exact) mass is 199 g/mol. The molecule has 1 rings (SSSR count). The van der Waals surface area contributed by atoms with Crippen molar-refractivity contribution < 1.29 is 4.74 Å². The maximum Gasteiger partial charge on any atom is 0.0700 e. The Labute approximate surface area is 88.4 Å². The van der Waals surface area contributed by atoms with E-state index in [4.69, 9.17) is 4.74 Å². The van der Waals surface area contributed by atoms with Crippen molar-refractivity contribution in [3.8, 4) is 0 Å². The van der Waals surface area contributed by atoms with Gasteiger partial charge in [-0.15, -0.1) is 0 Å². The van der Waals surface area contributed by atoms with Gasteiger partial charge in [0.05, 0.1) is 6.10 Å². The fraction of sp³-hybridized carbons (Fsp3) is 1.00.